The van der Waals surface area contributed by atoms with Gasteiger partial charge in [0, 0.05) is 13.1 Å². The highest BCUT2D eigenvalue weighted by atomic mass is 16.4. The first-order valence-corrected chi connectivity index (χ1v) is 6.56. The number of benzene rings is 1. The van der Waals surface area contributed by atoms with Crippen molar-refractivity contribution >= 4 is 11.1 Å². The number of oxazole rings is 1. The lowest BCUT2D eigenvalue weighted by atomic mass is 9.98. The van der Waals surface area contributed by atoms with E-state index in [1.54, 1.807) is 11.6 Å². The Labute approximate surface area is 106 Å². The molecule has 96 valence electrons. The van der Waals surface area contributed by atoms with Crippen molar-refractivity contribution < 1.29 is 4.42 Å². The van der Waals surface area contributed by atoms with Gasteiger partial charge in [-0.1, -0.05) is 12.5 Å². The normalized spacial score (nSPS) is 20.4. The van der Waals surface area contributed by atoms with Crippen molar-refractivity contribution in [2.75, 3.05) is 6.54 Å². The maximum Gasteiger partial charge on any atom is 0.419 e. The molecule has 4 nitrogen and oxygen atoms in total. The van der Waals surface area contributed by atoms with Crippen LogP contribution in [0, 0.1) is 0 Å². The minimum atomic E-state index is -0.294. The van der Waals surface area contributed by atoms with Gasteiger partial charge in [-0.25, -0.2) is 4.79 Å². The molecule has 1 aromatic carbocycles. The van der Waals surface area contributed by atoms with Crippen molar-refractivity contribution in [2.45, 2.75) is 31.7 Å². The molecule has 3 rings (SSSR count). The number of fused-ring (bicyclic) bond motifs is 1. The minimum absolute atomic E-state index is 0.294. The Kier molecular flexibility index (Phi) is 2.96. The highest BCUT2D eigenvalue weighted by Gasteiger charge is 2.14. The smallest absolute Gasteiger partial charge is 0.408 e. The lowest BCUT2D eigenvalue weighted by Crippen LogP contribution is -2.35. The van der Waals surface area contributed by atoms with E-state index >= 15 is 0 Å². The Balaban J connectivity index is 1.88. The first-order valence-electron chi connectivity index (χ1n) is 6.56. The van der Waals surface area contributed by atoms with Crippen molar-refractivity contribution in [3.63, 3.8) is 0 Å². The summed E-state index contributed by atoms with van der Waals surface area (Å²) in [6.07, 6.45) is 4.85. The van der Waals surface area contributed by atoms with Crippen LogP contribution in [-0.2, 0) is 13.5 Å². The molecule has 1 atom stereocenters. The molecule has 0 spiro atoms. The van der Waals surface area contributed by atoms with Crippen molar-refractivity contribution in [3.05, 3.63) is 34.3 Å². The van der Waals surface area contributed by atoms with Crippen LogP contribution in [0.2, 0.25) is 0 Å². The summed E-state index contributed by atoms with van der Waals surface area (Å²) in [5.74, 6) is -0.294. The molecular formula is C14H18N2O2. The Hall–Kier alpha value is -1.55. The van der Waals surface area contributed by atoms with Gasteiger partial charge in [-0.05, 0) is 43.5 Å². The number of aryl methyl sites for hydroxylation is 1. The molecule has 1 saturated heterocycles. The van der Waals surface area contributed by atoms with Gasteiger partial charge in [-0.2, -0.15) is 0 Å². The fourth-order valence-electron chi connectivity index (χ4n) is 2.68. The van der Waals surface area contributed by atoms with E-state index in [-0.39, 0.29) is 5.76 Å². The molecule has 4 heteroatoms. The average Bonchev–Trinajstić information content (AvgIpc) is 2.67. The molecule has 2 aromatic rings. The van der Waals surface area contributed by atoms with E-state index in [0.29, 0.717) is 11.6 Å². The van der Waals surface area contributed by atoms with Gasteiger partial charge in [-0.15, -0.1) is 0 Å². The van der Waals surface area contributed by atoms with Gasteiger partial charge >= 0.3 is 5.76 Å². The molecule has 18 heavy (non-hydrogen) atoms. The molecule has 1 N–H and O–H groups in total. The molecule has 1 aliphatic rings. The van der Waals surface area contributed by atoms with Gasteiger partial charge in [-0.3, -0.25) is 4.57 Å². The van der Waals surface area contributed by atoms with Crippen LogP contribution in [-0.4, -0.2) is 17.2 Å². The zero-order chi connectivity index (χ0) is 12.5. The number of nitrogens with zero attached hydrogens (tertiary/aromatic N) is 1. The van der Waals surface area contributed by atoms with E-state index in [4.69, 9.17) is 4.42 Å². The molecule has 1 unspecified atom stereocenters. The van der Waals surface area contributed by atoms with Crippen molar-refractivity contribution in [1.29, 1.82) is 0 Å². The van der Waals surface area contributed by atoms with Crippen LogP contribution in [0.15, 0.2) is 27.4 Å². The van der Waals surface area contributed by atoms with E-state index in [1.165, 1.54) is 24.8 Å². The van der Waals surface area contributed by atoms with Gasteiger partial charge in [0.05, 0.1) is 5.52 Å². The predicted molar refractivity (Wildman–Crippen MR) is 70.8 cm³/mol. The van der Waals surface area contributed by atoms with E-state index < -0.39 is 0 Å². The summed E-state index contributed by atoms with van der Waals surface area (Å²) in [7, 11) is 1.75. The summed E-state index contributed by atoms with van der Waals surface area (Å²) in [5.41, 5.74) is 2.81. The van der Waals surface area contributed by atoms with E-state index in [9.17, 15) is 4.79 Å². The maximum absolute atomic E-state index is 11.4. The summed E-state index contributed by atoms with van der Waals surface area (Å²) in [4.78, 5) is 11.4. The monoisotopic (exact) mass is 246 g/mol. The Bertz CT molecular complexity index is 606. The molecule has 1 aliphatic heterocycles. The number of rotatable bonds is 2. The third kappa shape index (κ3) is 2.08. The van der Waals surface area contributed by atoms with Gasteiger partial charge in [0.1, 0.15) is 0 Å². The SMILES string of the molecule is Cn1c(=O)oc2ccc(CC3CCCCN3)cc21. The average molecular weight is 246 g/mol. The molecule has 0 aliphatic carbocycles. The predicted octanol–water partition coefficient (Wildman–Crippen LogP) is 1.82. The van der Waals surface area contributed by atoms with Gasteiger partial charge < -0.3 is 9.73 Å². The second kappa shape index (κ2) is 4.61. The Morgan fingerprint density at radius 2 is 2.33 bits per heavy atom. The Morgan fingerprint density at radius 1 is 1.44 bits per heavy atom. The lowest BCUT2D eigenvalue weighted by Gasteiger charge is -2.23. The van der Waals surface area contributed by atoms with Crippen LogP contribution in [0.4, 0.5) is 0 Å². The summed E-state index contributed by atoms with van der Waals surface area (Å²) in [6, 6.07) is 6.59. The number of piperidine rings is 1. The zero-order valence-electron chi connectivity index (χ0n) is 10.6. The fourth-order valence-corrected chi connectivity index (χ4v) is 2.68. The van der Waals surface area contributed by atoms with E-state index in [2.05, 4.69) is 17.4 Å². The molecule has 1 fully saturated rings. The molecule has 0 amide bonds. The fraction of sp³-hybridized carbons (Fsp3) is 0.500. The first-order chi connectivity index (χ1) is 8.74. The highest BCUT2D eigenvalue weighted by Crippen LogP contribution is 2.18. The summed E-state index contributed by atoms with van der Waals surface area (Å²) < 4.78 is 6.70. The number of nitrogens with one attached hydrogen (secondary N) is 1. The molecular weight excluding hydrogens is 228 g/mol. The van der Waals surface area contributed by atoms with Crippen LogP contribution >= 0.6 is 0 Å². The number of aromatic nitrogens is 1. The van der Waals surface area contributed by atoms with Crippen LogP contribution in [0.5, 0.6) is 0 Å². The molecule has 2 heterocycles. The van der Waals surface area contributed by atoms with Crippen LogP contribution in [0.3, 0.4) is 0 Å². The zero-order valence-corrected chi connectivity index (χ0v) is 10.6. The topological polar surface area (TPSA) is 47.2 Å². The van der Waals surface area contributed by atoms with E-state index in [0.717, 1.165) is 18.5 Å². The quantitative estimate of drug-likeness (QED) is 0.879. The second-order valence-corrected chi connectivity index (χ2v) is 5.08. The van der Waals surface area contributed by atoms with E-state index in [1.807, 2.05) is 6.07 Å². The molecule has 0 saturated carbocycles. The van der Waals surface area contributed by atoms with Crippen molar-refractivity contribution in [1.82, 2.24) is 9.88 Å². The van der Waals surface area contributed by atoms with Crippen LogP contribution in [0.1, 0.15) is 24.8 Å². The van der Waals surface area contributed by atoms with Crippen LogP contribution < -0.4 is 11.1 Å². The standard InChI is InChI=1S/C14H18N2O2/c1-16-12-9-10(5-6-13(12)18-14(16)17)8-11-4-2-3-7-15-11/h5-6,9,11,15H,2-4,7-8H2,1H3. The maximum atomic E-state index is 11.4. The summed E-state index contributed by atoms with van der Waals surface area (Å²) in [5, 5.41) is 3.54. The number of hydrogen-bond acceptors (Lipinski definition) is 3. The Morgan fingerprint density at radius 3 is 3.11 bits per heavy atom. The van der Waals surface area contributed by atoms with Crippen molar-refractivity contribution in [2.24, 2.45) is 7.05 Å². The van der Waals surface area contributed by atoms with Crippen LogP contribution in [0.25, 0.3) is 11.1 Å². The summed E-state index contributed by atoms with van der Waals surface area (Å²) >= 11 is 0. The molecule has 0 radical (unpaired) electrons. The second-order valence-electron chi connectivity index (χ2n) is 5.08. The first kappa shape index (κ1) is 11.5. The van der Waals surface area contributed by atoms with Crippen molar-refractivity contribution in [3.8, 4) is 0 Å². The third-order valence-electron chi connectivity index (χ3n) is 3.75. The summed E-state index contributed by atoms with van der Waals surface area (Å²) in [6.45, 7) is 1.12. The lowest BCUT2D eigenvalue weighted by molar-refractivity contribution is 0.399. The van der Waals surface area contributed by atoms with Gasteiger partial charge in [0.25, 0.3) is 0 Å². The molecule has 0 bridgehead atoms. The largest absolute Gasteiger partial charge is 0.419 e. The minimum Gasteiger partial charge on any atom is -0.408 e. The molecule has 1 aromatic heterocycles. The number of hydrogen-bond donors (Lipinski definition) is 1. The van der Waals surface area contributed by atoms with Gasteiger partial charge in [0.2, 0.25) is 0 Å². The third-order valence-corrected chi connectivity index (χ3v) is 3.75. The highest BCUT2D eigenvalue weighted by molar-refractivity contribution is 5.73. The van der Waals surface area contributed by atoms with Gasteiger partial charge in [0.15, 0.2) is 5.58 Å².